The van der Waals surface area contributed by atoms with Crippen LogP contribution in [0.3, 0.4) is 0 Å². The molecule has 1 fully saturated rings. The molecule has 3 aromatic rings. The van der Waals surface area contributed by atoms with Crippen LogP contribution in [-0.2, 0) is 9.47 Å². The third-order valence-electron chi connectivity index (χ3n) is 7.51. The molecule has 5 unspecified atom stereocenters. The number of ether oxygens (including phenoxy) is 6. The van der Waals surface area contributed by atoms with E-state index in [1.54, 1.807) is 7.11 Å². The first kappa shape index (κ1) is 22.8. The minimum Gasteiger partial charge on any atom is -0.502 e. The second-order valence-electron chi connectivity index (χ2n) is 9.25. The molecule has 2 N–H and O–H groups in total. The van der Waals surface area contributed by atoms with Gasteiger partial charge in [-0.25, -0.2) is 0 Å². The molecular weight excluding hydrogens is 462 g/mol. The molecule has 3 aromatic carbocycles. The number of methoxy groups -OCH3 is 3. The largest absolute Gasteiger partial charge is 0.502 e. The number of phenols is 1. The van der Waals surface area contributed by atoms with E-state index in [0.717, 1.165) is 28.1 Å². The Kier molecular flexibility index (Phi) is 5.78. The van der Waals surface area contributed by atoms with Gasteiger partial charge < -0.3 is 38.8 Å². The lowest BCUT2D eigenvalue weighted by Crippen LogP contribution is -2.39. The second kappa shape index (κ2) is 9.11. The van der Waals surface area contributed by atoms with E-state index in [1.807, 2.05) is 30.3 Å². The second-order valence-corrected chi connectivity index (χ2v) is 9.25. The van der Waals surface area contributed by atoms with Crippen LogP contribution in [-0.4, -0.2) is 46.1 Å². The summed E-state index contributed by atoms with van der Waals surface area (Å²) in [5.41, 5.74) is 4.15. The fourth-order valence-corrected chi connectivity index (χ4v) is 5.92. The highest BCUT2D eigenvalue weighted by atomic mass is 16.7. The van der Waals surface area contributed by atoms with Gasteiger partial charge in [0.25, 0.3) is 0 Å². The Bertz CT molecular complexity index is 1240. The Morgan fingerprint density at radius 3 is 2.19 bits per heavy atom. The molecule has 1 saturated heterocycles. The van der Waals surface area contributed by atoms with Crippen LogP contribution < -0.4 is 24.3 Å². The summed E-state index contributed by atoms with van der Waals surface area (Å²) < 4.78 is 34.6. The summed E-state index contributed by atoms with van der Waals surface area (Å²) in [5, 5.41) is 14.3. The first-order chi connectivity index (χ1) is 17.6. The number of rotatable bonds is 6. The van der Waals surface area contributed by atoms with E-state index >= 15 is 0 Å². The molecule has 0 amide bonds. The summed E-state index contributed by atoms with van der Waals surface area (Å²) >= 11 is 0. The molecule has 8 nitrogen and oxygen atoms in total. The lowest BCUT2D eigenvalue weighted by molar-refractivity contribution is -0.113. The lowest BCUT2D eigenvalue weighted by atomic mass is 9.65. The summed E-state index contributed by atoms with van der Waals surface area (Å²) in [6.07, 6.45) is -0.413. The maximum atomic E-state index is 10.6. The van der Waals surface area contributed by atoms with Crippen molar-refractivity contribution < 1.29 is 33.5 Å². The van der Waals surface area contributed by atoms with Gasteiger partial charge in [0.15, 0.2) is 29.3 Å². The Hall–Kier alpha value is -3.62. The summed E-state index contributed by atoms with van der Waals surface area (Å²) in [7, 11) is 4.74. The van der Waals surface area contributed by atoms with Gasteiger partial charge in [0, 0.05) is 30.6 Å². The maximum absolute atomic E-state index is 10.6. The van der Waals surface area contributed by atoms with Gasteiger partial charge in [-0.05, 0) is 53.1 Å². The average molecular weight is 492 g/mol. The number of hydrogen-bond acceptors (Lipinski definition) is 8. The molecule has 36 heavy (non-hydrogen) atoms. The first-order valence-corrected chi connectivity index (χ1v) is 12.0. The van der Waals surface area contributed by atoms with Gasteiger partial charge in [0.2, 0.25) is 12.5 Å². The van der Waals surface area contributed by atoms with Gasteiger partial charge in [-0.2, -0.15) is 0 Å². The van der Waals surface area contributed by atoms with Crippen LogP contribution in [0, 0.1) is 11.8 Å². The topological polar surface area (TPSA) is 87.6 Å². The number of nitrogens with one attached hydrogen (secondary N) is 1. The van der Waals surface area contributed by atoms with Gasteiger partial charge in [-0.3, -0.25) is 0 Å². The summed E-state index contributed by atoms with van der Waals surface area (Å²) in [4.78, 5) is 0. The number of fused-ring (bicyclic) bond motifs is 3. The van der Waals surface area contributed by atoms with E-state index in [1.165, 1.54) is 14.2 Å². The van der Waals surface area contributed by atoms with Crippen molar-refractivity contribution in [1.82, 2.24) is 0 Å². The highest BCUT2D eigenvalue weighted by Gasteiger charge is 2.52. The van der Waals surface area contributed by atoms with Crippen molar-refractivity contribution in [1.29, 1.82) is 0 Å². The Labute approximate surface area is 209 Å². The molecule has 1 aliphatic carbocycles. The molecule has 3 aliphatic rings. The molecule has 188 valence electrons. The number of phenolic OH excluding ortho intramolecular Hbond substituents is 1. The molecule has 0 radical (unpaired) electrons. The van der Waals surface area contributed by atoms with E-state index in [4.69, 9.17) is 28.4 Å². The third-order valence-corrected chi connectivity index (χ3v) is 7.51. The van der Waals surface area contributed by atoms with Gasteiger partial charge in [0.1, 0.15) is 0 Å². The first-order valence-electron chi connectivity index (χ1n) is 12.0. The summed E-state index contributed by atoms with van der Waals surface area (Å²) in [5.74, 6) is 2.04. The molecule has 0 bridgehead atoms. The lowest BCUT2D eigenvalue weighted by Gasteiger charge is -2.42. The van der Waals surface area contributed by atoms with Gasteiger partial charge in [-0.1, -0.05) is 18.2 Å². The van der Waals surface area contributed by atoms with Crippen LogP contribution in [0.1, 0.15) is 28.7 Å². The van der Waals surface area contributed by atoms with Crippen molar-refractivity contribution in [2.24, 2.45) is 11.8 Å². The number of anilines is 1. The Morgan fingerprint density at radius 1 is 0.889 bits per heavy atom. The summed E-state index contributed by atoms with van der Waals surface area (Å²) in [6.45, 7) is 0.724. The van der Waals surface area contributed by atoms with Crippen LogP contribution in [0.15, 0.2) is 54.6 Å². The number of para-hydroxylation sites is 1. The average Bonchev–Trinajstić information content (AvgIpc) is 3.55. The molecule has 2 aliphatic heterocycles. The van der Waals surface area contributed by atoms with Crippen molar-refractivity contribution in [3.63, 3.8) is 0 Å². The van der Waals surface area contributed by atoms with E-state index in [9.17, 15) is 5.11 Å². The van der Waals surface area contributed by atoms with Gasteiger partial charge in [-0.15, -0.1) is 0 Å². The van der Waals surface area contributed by atoms with Gasteiger partial charge in [0.05, 0.1) is 26.9 Å². The monoisotopic (exact) mass is 491 g/mol. The van der Waals surface area contributed by atoms with Crippen molar-refractivity contribution in [3.8, 4) is 28.7 Å². The Balaban J connectivity index is 1.56. The fourth-order valence-electron chi connectivity index (χ4n) is 5.92. The number of hydrogen-bond donors (Lipinski definition) is 2. The van der Waals surface area contributed by atoms with Crippen molar-refractivity contribution >= 4 is 5.69 Å². The van der Waals surface area contributed by atoms with E-state index in [0.29, 0.717) is 23.9 Å². The molecule has 0 saturated carbocycles. The molecule has 5 atom stereocenters. The molecular formula is C28H29NO7. The maximum Gasteiger partial charge on any atom is 0.231 e. The smallest absolute Gasteiger partial charge is 0.231 e. The van der Waals surface area contributed by atoms with Crippen molar-refractivity contribution in [2.45, 2.75) is 18.2 Å². The van der Waals surface area contributed by atoms with E-state index in [2.05, 4.69) is 29.6 Å². The predicted octanol–water partition coefficient (Wildman–Crippen LogP) is 4.67. The SMILES string of the molecule is COc1cc(C2c3cc4c(cc3C(Nc3ccccc3)C3COC(OC)C23)OCO4)cc(OC)c1O. The van der Waals surface area contributed by atoms with Crippen molar-refractivity contribution in [2.75, 3.05) is 40.0 Å². The highest BCUT2D eigenvalue weighted by molar-refractivity contribution is 5.60. The number of benzene rings is 3. The zero-order chi connectivity index (χ0) is 24.8. The van der Waals surface area contributed by atoms with E-state index in [-0.39, 0.29) is 36.3 Å². The molecule has 6 rings (SSSR count). The molecule has 0 spiro atoms. The van der Waals surface area contributed by atoms with Crippen LogP contribution in [0.2, 0.25) is 0 Å². The minimum atomic E-state index is -0.413. The molecule has 2 heterocycles. The van der Waals surface area contributed by atoms with E-state index < -0.39 is 6.29 Å². The van der Waals surface area contributed by atoms with Crippen LogP contribution in [0.5, 0.6) is 28.7 Å². The predicted molar refractivity (Wildman–Crippen MR) is 132 cm³/mol. The van der Waals surface area contributed by atoms with Gasteiger partial charge >= 0.3 is 0 Å². The molecule has 0 aromatic heterocycles. The van der Waals surface area contributed by atoms with Crippen LogP contribution >= 0.6 is 0 Å². The third kappa shape index (κ3) is 3.60. The fraction of sp³-hybridized carbons (Fsp3) is 0.357. The van der Waals surface area contributed by atoms with Crippen LogP contribution in [0.4, 0.5) is 5.69 Å². The highest BCUT2D eigenvalue weighted by Crippen LogP contribution is 2.57. The summed E-state index contributed by atoms with van der Waals surface area (Å²) in [6, 6.07) is 18.0. The Morgan fingerprint density at radius 2 is 1.56 bits per heavy atom. The molecule has 8 heteroatoms. The quantitative estimate of drug-likeness (QED) is 0.514. The van der Waals surface area contributed by atoms with Crippen molar-refractivity contribution in [3.05, 3.63) is 71.3 Å². The normalized spacial score (nSPS) is 25.7. The minimum absolute atomic E-state index is 0.0250. The zero-order valence-electron chi connectivity index (χ0n) is 20.4. The zero-order valence-corrected chi connectivity index (χ0v) is 20.4. The standard InChI is InChI=1S/C28H29NO7/c1-31-22-9-15(10-23(32-2)27(22)30)24-17-11-20-21(36-14-35-20)12-18(17)26(29-16-7-5-4-6-8-16)19-13-34-28(33-3)25(19)24/h4-12,19,24-26,28-30H,13-14H2,1-3H3. The van der Waals surface area contributed by atoms with Crippen LogP contribution in [0.25, 0.3) is 0 Å². The number of aromatic hydroxyl groups is 1.